The molecule has 0 atom stereocenters. The van der Waals surface area contributed by atoms with Gasteiger partial charge in [-0.2, -0.15) is 5.10 Å². The maximum atomic E-state index is 5.35. The summed E-state index contributed by atoms with van der Waals surface area (Å²) in [5.41, 5.74) is 3.55. The molecule has 2 aromatic rings. The summed E-state index contributed by atoms with van der Waals surface area (Å²) in [5, 5.41) is 10.2. The molecule has 1 aromatic carbocycles. The lowest BCUT2D eigenvalue weighted by Crippen LogP contribution is -2.10. The van der Waals surface area contributed by atoms with E-state index in [0.29, 0.717) is 5.82 Å². The molecular formula is C10H12N4. The Hall–Kier alpha value is -1.68. The first-order chi connectivity index (χ1) is 6.86. The van der Waals surface area contributed by atoms with Crippen LogP contribution in [0.2, 0.25) is 0 Å². The Morgan fingerprint density at radius 1 is 1.21 bits per heavy atom. The third-order valence-electron chi connectivity index (χ3n) is 2.24. The molecule has 0 saturated carbocycles. The molecule has 0 aliphatic rings. The molecule has 0 spiro atoms. The molecule has 0 unspecified atom stereocenters. The molecular weight excluding hydrogens is 176 g/mol. The molecule has 3 N–H and O–H groups in total. The number of nitrogens with zero attached hydrogens (tertiary/aromatic N) is 2. The van der Waals surface area contributed by atoms with Crippen LogP contribution >= 0.6 is 0 Å². The van der Waals surface area contributed by atoms with Gasteiger partial charge in [-0.25, -0.2) is 5.84 Å². The Kier molecular flexibility index (Phi) is 2.28. The number of nitrogens with two attached hydrogens (primary N) is 1. The smallest absolute Gasteiger partial charge is 0.170 e. The van der Waals surface area contributed by atoms with Crippen LogP contribution in [0.5, 0.6) is 0 Å². The van der Waals surface area contributed by atoms with Gasteiger partial charge in [0.25, 0.3) is 0 Å². The normalized spacial score (nSPS) is 10.4. The lowest BCUT2D eigenvalue weighted by molar-refractivity contribution is 0.938. The van der Waals surface area contributed by atoms with Crippen molar-refractivity contribution in [1.82, 2.24) is 10.2 Å². The van der Waals surface area contributed by atoms with Gasteiger partial charge in [-0.05, 0) is 6.42 Å². The molecule has 4 nitrogen and oxygen atoms in total. The van der Waals surface area contributed by atoms with Crippen molar-refractivity contribution in [2.45, 2.75) is 13.3 Å². The third-order valence-corrected chi connectivity index (χ3v) is 2.24. The van der Waals surface area contributed by atoms with E-state index in [1.807, 2.05) is 24.3 Å². The highest BCUT2D eigenvalue weighted by Gasteiger charge is 2.05. The average Bonchev–Trinajstić information content (AvgIpc) is 2.27. The van der Waals surface area contributed by atoms with E-state index < -0.39 is 0 Å². The van der Waals surface area contributed by atoms with Crippen molar-refractivity contribution in [3.63, 3.8) is 0 Å². The first kappa shape index (κ1) is 8.90. The van der Waals surface area contributed by atoms with Gasteiger partial charge in [0.1, 0.15) is 0 Å². The molecule has 72 valence electrons. The van der Waals surface area contributed by atoms with Gasteiger partial charge >= 0.3 is 0 Å². The summed E-state index contributed by atoms with van der Waals surface area (Å²) < 4.78 is 0. The summed E-state index contributed by atoms with van der Waals surface area (Å²) in [6, 6.07) is 7.97. The van der Waals surface area contributed by atoms with Crippen LogP contribution < -0.4 is 11.3 Å². The number of aryl methyl sites for hydroxylation is 1. The lowest BCUT2D eigenvalue weighted by atomic mass is 10.1. The van der Waals surface area contributed by atoms with Crippen molar-refractivity contribution >= 4 is 16.6 Å². The van der Waals surface area contributed by atoms with Crippen molar-refractivity contribution in [1.29, 1.82) is 0 Å². The van der Waals surface area contributed by atoms with Crippen molar-refractivity contribution < 1.29 is 0 Å². The van der Waals surface area contributed by atoms with E-state index in [9.17, 15) is 0 Å². The fourth-order valence-electron chi connectivity index (χ4n) is 1.53. The zero-order valence-electron chi connectivity index (χ0n) is 7.99. The Bertz CT molecular complexity index is 410. The monoisotopic (exact) mass is 188 g/mol. The summed E-state index contributed by atoms with van der Waals surface area (Å²) in [7, 11) is 0. The van der Waals surface area contributed by atoms with E-state index in [1.54, 1.807) is 0 Å². The van der Waals surface area contributed by atoms with Crippen LogP contribution in [0.25, 0.3) is 10.8 Å². The summed E-state index contributed by atoms with van der Waals surface area (Å²) in [6.07, 6.45) is 0.873. The molecule has 0 aliphatic heterocycles. The Balaban J connectivity index is 2.78. The van der Waals surface area contributed by atoms with Crippen LogP contribution in [-0.2, 0) is 6.42 Å². The van der Waals surface area contributed by atoms with Crippen LogP contribution in [0.3, 0.4) is 0 Å². The second kappa shape index (κ2) is 3.59. The molecule has 0 fully saturated rings. The summed E-state index contributed by atoms with van der Waals surface area (Å²) >= 11 is 0. The fourth-order valence-corrected chi connectivity index (χ4v) is 1.53. The number of aromatic nitrogens is 2. The average molecular weight is 188 g/mol. The van der Waals surface area contributed by atoms with Crippen molar-refractivity contribution in [3.8, 4) is 0 Å². The van der Waals surface area contributed by atoms with E-state index in [1.165, 1.54) is 0 Å². The van der Waals surface area contributed by atoms with Crippen molar-refractivity contribution in [2.24, 2.45) is 5.84 Å². The van der Waals surface area contributed by atoms with Gasteiger partial charge in [0, 0.05) is 10.8 Å². The predicted molar refractivity (Wildman–Crippen MR) is 56.7 cm³/mol. The first-order valence-electron chi connectivity index (χ1n) is 4.57. The van der Waals surface area contributed by atoms with E-state index in [0.717, 1.165) is 22.9 Å². The highest BCUT2D eigenvalue weighted by atomic mass is 15.3. The maximum Gasteiger partial charge on any atom is 0.170 e. The minimum atomic E-state index is 0.623. The standard InChI is InChI=1S/C10H12N4/c1-2-9-7-5-3-4-6-8(7)10(12-11)14-13-9/h3-6H,2,11H2,1H3,(H,12,14). The zero-order valence-corrected chi connectivity index (χ0v) is 7.99. The number of rotatable bonds is 2. The molecule has 0 radical (unpaired) electrons. The lowest BCUT2D eigenvalue weighted by Gasteiger charge is -2.06. The fraction of sp³-hybridized carbons (Fsp3) is 0.200. The largest absolute Gasteiger partial charge is 0.306 e. The van der Waals surface area contributed by atoms with Crippen molar-refractivity contribution in [2.75, 3.05) is 5.43 Å². The molecule has 1 heterocycles. The van der Waals surface area contributed by atoms with E-state index in [4.69, 9.17) is 5.84 Å². The second-order valence-corrected chi connectivity index (χ2v) is 3.04. The minimum absolute atomic E-state index is 0.623. The number of benzene rings is 1. The number of nitrogen functional groups attached to an aromatic ring is 1. The quantitative estimate of drug-likeness (QED) is 0.553. The molecule has 2 rings (SSSR count). The van der Waals surface area contributed by atoms with Crippen LogP contribution in [0, 0.1) is 0 Å². The first-order valence-corrected chi connectivity index (χ1v) is 4.57. The molecule has 0 saturated heterocycles. The van der Waals surface area contributed by atoms with Gasteiger partial charge in [0.05, 0.1) is 5.69 Å². The van der Waals surface area contributed by atoms with Gasteiger partial charge in [-0.15, -0.1) is 5.10 Å². The Morgan fingerprint density at radius 3 is 2.57 bits per heavy atom. The van der Waals surface area contributed by atoms with Gasteiger partial charge in [0.2, 0.25) is 0 Å². The minimum Gasteiger partial charge on any atom is -0.306 e. The predicted octanol–water partition coefficient (Wildman–Crippen LogP) is 1.48. The van der Waals surface area contributed by atoms with Gasteiger partial charge in [-0.1, -0.05) is 31.2 Å². The van der Waals surface area contributed by atoms with Gasteiger partial charge in [-0.3, -0.25) is 0 Å². The molecule has 0 amide bonds. The Labute approximate surface area is 82.1 Å². The summed E-state index contributed by atoms with van der Waals surface area (Å²) in [5.74, 6) is 5.98. The van der Waals surface area contributed by atoms with Gasteiger partial charge < -0.3 is 5.43 Å². The van der Waals surface area contributed by atoms with Crippen LogP contribution in [-0.4, -0.2) is 10.2 Å². The Morgan fingerprint density at radius 2 is 1.93 bits per heavy atom. The molecule has 1 aromatic heterocycles. The van der Waals surface area contributed by atoms with Crippen LogP contribution in [0.4, 0.5) is 5.82 Å². The van der Waals surface area contributed by atoms with E-state index >= 15 is 0 Å². The SMILES string of the molecule is CCc1nnc(NN)c2ccccc12. The molecule has 14 heavy (non-hydrogen) atoms. The summed E-state index contributed by atoms with van der Waals surface area (Å²) in [6.45, 7) is 2.06. The molecule has 0 bridgehead atoms. The molecule has 0 aliphatic carbocycles. The van der Waals surface area contributed by atoms with Gasteiger partial charge in [0.15, 0.2) is 5.82 Å². The topological polar surface area (TPSA) is 63.8 Å². The van der Waals surface area contributed by atoms with E-state index in [-0.39, 0.29) is 0 Å². The highest BCUT2D eigenvalue weighted by Crippen LogP contribution is 2.21. The maximum absolute atomic E-state index is 5.35. The summed E-state index contributed by atoms with van der Waals surface area (Å²) in [4.78, 5) is 0. The zero-order chi connectivity index (χ0) is 9.97. The number of fused-ring (bicyclic) bond motifs is 1. The molecule has 4 heteroatoms. The van der Waals surface area contributed by atoms with Crippen LogP contribution in [0.15, 0.2) is 24.3 Å². The van der Waals surface area contributed by atoms with Crippen LogP contribution in [0.1, 0.15) is 12.6 Å². The third kappa shape index (κ3) is 1.29. The van der Waals surface area contributed by atoms with Crippen molar-refractivity contribution in [3.05, 3.63) is 30.0 Å². The van der Waals surface area contributed by atoms with E-state index in [2.05, 4.69) is 22.5 Å². The second-order valence-electron chi connectivity index (χ2n) is 3.04. The number of anilines is 1. The number of hydrogen-bond donors (Lipinski definition) is 2. The number of hydrazine groups is 1. The number of hydrogen-bond acceptors (Lipinski definition) is 4. The number of nitrogens with one attached hydrogen (secondary N) is 1. The highest BCUT2D eigenvalue weighted by molar-refractivity contribution is 5.92.